The molecule has 0 spiro atoms. The molecule has 0 aliphatic carbocycles. The average Bonchev–Trinajstić information content (AvgIpc) is 2.50. The molecule has 1 N–H and O–H groups in total. The number of benzene rings is 2. The molecule has 0 aliphatic heterocycles. The first kappa shape index (κ1) is 15.6. The molecule has 2 aromatic carbocycles. The Morgan fingerprint density at radius 1 is 1.24 bits per heavy atom. The number of hydrogen-bond acceptors (Lipinski definition) is 2. The van der Waals surface area contributed by atoms with Crippen molar-refractivity contribution in [2.75, 3.05) is 5.32 Å². The number of amides is 1. The number of ether oxygens (including phenoxy) is 1. The van der Waals surface area contributed by atoms with Gasteiger partial charge in [-0.05, 0) is 59.1 Å². The fourth-order valence-electron chi connectivity index (χ4n) is 1.87. The van der Waals surface area contributed by atoms with E-state index in [1.807, 2.05) is 48.5 Å². The van der Waals surface area contributed by atoms with E-state index in [4.69, 9.17) is 4.74 Å². The van der Waals surface area contributed by atoms with E-state index in [0.29, 0.717) is 5.75 Å². The first-order chi connectivity index (χ1) is 10.1. The average molecular weight is 348 g/mol. The predicted molar refractivity (Wildman–Crippen MR) is 88.7 cm³/mol. The predicted octanol–water partition coefficient (Wildman–Crippen LogP) is 4.42. The molecule has 1 unspecified atom stereocenters. The summed E-state index contributed by atoms with van der Waals surface area (Å²) < 4.78 is 6.48. The highest BCUT2D eigenvalue weighted by Gasteiger charge is 2.15. The largest absolute Gasteiger partial charge is 0.481 e. The van der Waals surface area contributed by atoms with Gasteiger partial charge in [0.25, 0.3) is 5.91 Å². The van der Waals surface area contributed by atoms with Crippen molar-refractivity contribution in [1.82, 2.24) is 0 Å². The molecule has 0 saturated heterocycles. The van der Waals surface area contributed by atoms with E-state index in [0.717, 1.165) is 16.6 Å². The minimum absolute atomic E-state index is 0.177. The summed E-state index contributed by atoms with van der Waals surface area (Å²) in [6, 6.07) is 15.2. The molecule has 0 radical (unpaired) electrons. The third-order valence-corrected chi connectivity index (χ3v) is 3.78. The van der Waals surface area contributed by atoms with E-state index < -0.39 is 6.10 Å². The van der Waals surface area contributed by atoms with Crippen LogP contribution >= 0.6 is 15.9 Å². The van der Waals surface area contributed by atoms with E-state index in [9.17, 15) is 4.79 Å². The highest BCUT2D eigenvalue weighted by molar-refractivity contribution is 9.10. The molecule has 1 atom stereocenters. The molecule has 0 saturated carbocycles. The lowest BCUT2D eigenvalue weighted by Gasteiger charge is -2.15. The molecule has 2 aromatic rings. The minimum atomic E-state index is -0.565. The Morgan fingerprint density at radius 2 is 1.95 bits per heavy atom. The Bertz CT molecular complexity index is 613. The smallest absolute Gasteiger partial charge is 0.265 e. The second kappa shape index (κ2) is 7.27. The monoisotopic (exact) mass is 347 g/mol. The number of carbonyl (C=O) groups excluding carboxylic acids is 1. The molecular formula is C17H18BrNO2. The maximum atomic E-state index is 12.2. The van der Waals surface area contributed by atoms with Gasteiger partial charge in [0, 0.05) is 4.47 Å². The standard InChI is InChI=1S/C17H18BrNO2/c1-3-13-9-10-16(15(18)11-13)19-17(20)12(2)21-14-7-5-4-6-8-14/h4-12H,3H2,1-2H3,(H,19,20). The zero-order chi connectivity index (χ0) is 15.2. The van der Waals surface area contributed by atoms with Crippen LogP contribution in [0.5, 0.6) is 5.75 Å². The van der Waals surface area contributed by atoms with Gasteiger partial charge in [-0.1, -0.05) is 31.2 Å². The lowest BCUT2D eigenvalue weighted by atomic mass is 10.1. The van der Waals surface area contributed by atoms with Crippen LogP contribution in [0.15, 0.2) is 53.0 Å². The molecule has 0 aromatic heterocycles. The van der Waals surface area contributed by atoms with Crippen LogP contribution in [-0.2, 0) is 11.2 Å². The molecule has 0 aliphatic rings. The Morgan fingerprint density at radius 3 is 2.57 bits per heavy atom. The van der Waals surface area contributed by atoms with E-state index in [1.165, 1.54) is 5.56 Å². The normalized spacial score (nSPS) is 11.8. The lowest BCUT2D eigenvalue weighted by molar-refractivity contribution is -0.122. The van der Waals surface area contributed by atoms with Gasteiger partial charge < -0.3 is 10.1 Å². The summed E-state index contributed by atoms with van der Waals surface area (Å²) in [4.78, 5) is 12.2. The number of nitrogens with one attached hydrogen (secondary N) is 1. The van der Waals surface area contributed by atoms with E-state index in [2.05, 4.69) is 28.2 Å². The summed E-state index contributed by atoms with van der Waals surface area (Å²) in [6.07, 6.45) is 0.394. The van der Waals surface area contributed by atoms with Gasteiger partial charge >= 0.3 is 0 Å². The van der Waals surface area contributed by atoms with Gasteiger partial charge in [-0.3, -0.25) is 4.79 Å². The zero-order valence-electron chi connectivity index (χ0n) is 12.1. The summed E-state index contributed by atoms with van der Waals surface area (Å²) in [5.74, 6) is 0.504. The van der Waals surface area contributed by atoms with Crippen LogP contribution in [0.2, 0.25) is 0 Å². The van der Waals surface area contributed by atoms with Crippen molar-refractivity contribution in [3.8, 4) is 5.75 Å². The number of rotatable bonds is 5. The third-order valence-electron chi connectivity index (χ3n) is 3.12. The highest BCUT2D eigenvalue weighted by atomic mass is 79.9. The highest BCUT2D eigenvalue weighted by Crippen LogP contribution is 2.24. The quantitative estimate of drug-likeness (QED) is 0.869. The zero-order valence-corrected chi connectivity index (χ0v) is 13.7. The Balaban J connectivity index is 2.00. The first-order valence-electron chi connectivity index (χ1n) is 6.91. The topological polar surface area (TPSA) is 38.3 Å². The molecule has 3 nitrogen and oxygen atoms in total. The van der Waals surface area contributed by atoms with Crippen LogP contribution in [0.4, 0.5) is 5.69 Å². The van der Waals surface area contributed by atoms with Crippen LogP contribution in [0.1, 0.15) is 19.4 Å². The molecule has 2 rings (SSSR count). The molecule has 4 heteroatoms. The second-order valence-electron chi connectivity index (χ2n) is 4.73. The fraction of sp³-hybridized carbons (Fsp3) is 0.235. The van der Waals surface area contributed by atoms with Crippen LogP contribution in [0, 0.1) is 0 Å². The molecule has 1 amide bonds. The Hall–Kier alpha value is -1.81. The van der Waals surface area contributed by atoms with Gasteiger partial charge in [-0.2, -0.15) is 0 Å². The van der Waals surface area contributed by atoms with Crippen molar-refractivity contribution in [1.29, 1.82) is 0 Å². The van der Waals surface area contributed by atoms with E-state index in [1.54, 1.807) is 6.92 Å². The van der Waals surface area contributed by atoms with Gasteiger partial charge in [0.15, 0.2) is 6.10 Å². The van der Waals surface area contributed by atoms with Gasteiger partial charge in [0.1, 0.15) is 5.75 Å². The van der Waals surface area contributed by atoms with Crippen molar-refractivity contribution in [2.24, 2.45) is 0 Å². The third kappa shape index (κ3) is 4.33. The van der Waals surface area contributed by atoms with Crippen molar-refractivity contribution < 1.29 is 9.53 Å². The Labute approximate surface area is 133 Å². The summed E-state index contributed by atoms with van der Waals surface area (Å²) in [5, 5.41) is 2.87. The summed E-state index contributed by atoms with van der Waals surface area (Å²) in [7, 11) is 0. The molecule has 21 heavy (non-hydrogen) atoms. The SMILES string of the molecule is CCc1ccc(NC(=O)C(C)Oc2ccccc2)c(Br)c1. The van der Waals surface area contributed by atoms with E-state index in [-0.39, 0.29) is 5.91 Å². The van der Waals surface area contributed by atoms with Gasteiger partial charge in [-0.25, -0.2) is 0 Å². The maximum absolute atomic E-state index is 12.2. The number of carbonyl (C=O) groups is 1. The molecular weight excluding hydrogens is 330 g/mol. The number of para-hydroxylation sites is 1. The molecule has 110 valence electrons. The van der Waals surface area contributed by atoms with Crippen LogP contribution in [-0.4, -0.2) is 12.0 Å². The minimum Gasteiger partial charge on any atom is -0.481 e. The van der Waals surface area contributed by atoms with Gasteiger partial charge in [-0.15, -0.1) is 0 Å². The van der Waals surface area contributed by atoms with E-state index >= 15 is 0 Å². The number of aryl methyl sites for hydroxylation is 1. The van der Waals surface area contributed by atoms with Crippen molar-refractivity contribution in [2.45, 2.75) is 26.4 Å². The van der Waals surface area contributed by atoms with Crippen molar-refractivity contribution in [3.05, 3.63) is 58.6 Å². The summed E-state index contributed by atoms with van der Waals surface area (Å²) >= 11 is 3.48. The number of halogens is 1. The van der Waals surface area contributed by atoms with Gasteiger partial charge in [0.2, 0.25) is 0 Å². The second-order valence-corrected chi connectivity index (χ2v) is 5.58. The summed E-state index contributed by atoms with van der Waals surface area (Å²) in [6.45, 7) is 3.83. The molecule has 0 heterocycles. The lowest BCUT2D eigenvalue weighted by Crippen LogP contribution is -2.30. The van der Waals surface area contributed by atoms with Crippen molar-refractivity contribution >= 4 is 27.5 Å². The number of anilines is 1. The number of hydrogen-bond donors (Lipinski definition) is 1. The van der Waals surface area contributed by atoms with Gasteiger partial charge in [0.05, 0.1) is 5.69 Å². The van der Waals surface area contributed by atoms with Crippen molar-refractivity contribution in [3.63, 3.8) is 0 Å². The molecule has 0 bridgehead atoms. The van der Waals surface area contributed by atoms with Crippen LogP contribution < -0.4 is 10.1 Å². The Kier molecular flexibility index (Phi) is 5.39. The molecule has 0 fully saturated rings. The first-order valence-corrected chi connectivity index (χ1v) is 7.70. The maximum Gasteiger partial charge on any atom is 0.265 e. The summed E-state index contributed by atoms with van der Waals surface area (Å²) in [5.41, 5.74) is 1.97. The fourth-order valence-corrected chi connectivity index (χ4v) is 2.40. The van der Waals surface area contributed by atoms with Crippen LogP contribution in [0.25, 0.3) is 0 Å². The van der Waals surface area contributed by atoms with Crippen LogP contribution in [0.3, 0.4) is 0 Å².